The van der Waals surface area contributed by atoms with Gasteiger partial charge in [-0.15, -0.1) is 0 Å². The first-order valence-electron chi connectivity index (χ1n) is 6.00. The number of rotatable bonds is 4. The van der Waals surface area contributed by atoms with Gasteiger partial charge in [-0.25, -0.2) is 4.98 Å². The highest BCUT2D eigenvalue weighted by molar-refractivity contribution is 5.73. The molecule has 1 aliphatic carbocycles. The van der Waals surface area contributed by atoms with Crippen molar-refractivity contribution in [3.8, 4) is 0 Å². The molecule has 3 rings (SSSR count). The average Bonchev–Trinajstić information content (AvgIpc) is 3.05. The van der Waals surface area contributed by atoms with Crippen LogP contribution in [0.1, 0.15) is 30.3 Å². The van der Waals surface area contributed by atoms with E-state index >= 15 is 0 Å². The molecular weight excluding hydrogens is 216 g/mol. The van der Waals surface area contributed by atoms with Crippen LogP contribution < -0.4 is 5.32 Å². The van der Waals surface area contributed by atoms with Crippen LogP contribution >= 0.6 is 0 Å². The second kappa shape index (κ2) is 4.13. The molecule has 1 saturated carbocycles. The van der Waals surface area contributed by atoms with Crippen LogP contribution in [0.15, 0.2) is 22.6 Å². The van der Waals surface area contributed by atoms with Gasteiger partial charge in [-0.2, -0.15) is 0 Å². The van der Waals surface area contributed by atoms with E-state index in [1.165, 1.54) is 12.8 Å². The van der Waals surface area contributed by atoms with Gasteiger partial charge in [0.25, 0.3) is 0 Å². The molecule has 0 saturated heterocycles. The molecule has 2 aromatic rings. The smallest absolute Gasteiger partial charge is 0.192 e. The van der Waals surface area contributed by atoms with Crippen LogP contribution in [0.25, 0.3) is 11.1 Å². The Morgan fingerprint density at radius 1 is 1.53 bits per heavy atom. The fourth-order valence-corrected chi connectivity index (χ4v) is 2.07. The lowest BCUT2D eigenvalue weighted by atomic mass is 10.1. The molecule has 1 unspecified atom stereocenters. The molecule has 1 aromatic carbocycles. The van der Waals surface area contributed by atoms with E-state index in [9.17, 15) is 5.11 Å². The second-order valence-electron chi connectivity index (χ2n) is 4.64. The molecule has 2 N–H and O–H groups in total. The minimum atomic E-state index is 0.00362. The van der Waals surface area contributed by atoms with Gasteiger partial charge in [-0.3, -0.25) is 0 Å². The molecule has 0 radical (unpaired) electrons. The molecule has 4 nitrogen and oxygen atoms in total. The molecule has 0 spiro atoms. The summed E-state index contributed by atoms with van der Waals surface area (Å²) in [5, 5.41) is 12.8. The maximum absolute atomic E-state index is 9.43. The lowest BCUT2D eigenvalue weighted by Crippen LogP contribution is -2.26. The van der Waals surface area contributed by atoms with Crippen LogP contribution in [-0.2, 0) is 0 Å². The summed E-state index contributed by atoms with van der Waals surface area (Å²) in [5.74, 6) is 0.674. The number of hydrogen-bond donors (Lipinski definition) is 2. The molecule has 4 heteroatoms. The third-order valence-electron chi connectivity index (χ3n) is 3.12. The van der Waals surface area contributed by atoms with Crippen molar-refractivity contribution in [2.45, 2.75) is 31.8 Å². The van der Waals surface area contributed by atoms with E-state index in [1.807, 2.05) is 25.1 Å². The lowest BCUT2D eigenvalue weighted by Gasteiger charge is -2.15. The Morgan fingerprint density at radius 3 is 3.06 bits per heavy atom. The highest BCUT2D eigenvalue weighted by atomic mass is 16.3. The normalized spacial score (nSPS) is 17.5. The molecule has 1 aliphatic rings. The zero-order valence-corrected chi connectivity index (χ0v) is 9.81. The summed E-state index contributed by atoms with van der Waals surface area (Å²) in [6, 6.07) is 6.47. The summed E-state index contributed by atoms with van der Waals surface area (Å²) in [4.78, 5) is 4.31. The Hall–Kier alpha value is -1.39. The number of aliphatic hydroxyl groups excluding tert-OH is 1. The number of aliphatic hydroxyl groups is 1. The van der Waals surface area contributed by atoms with Crippen molar-refractivity contribution in [3.63, 3.8) is 0 Å². The van der Waals surface area contributed by atoms with Crippen molar-refractivity contribution in [1.82, 2.24) is 10.3 Å². The Balaban J connectivity index is 1.91. The molecule has 0 bridgehead atoms. The quantitative estimate of drug-likeness (QED) is 0.845. The van der Waals surface area contributed by atoms with Crippen molar-refractivity contribution >= 4 is 11.1 Å². The third-order valence-corrected chi connectivity index (χ3v) is 3.12. The van der Waals surface area contributed by atoms with Crippen LogP contribution in [0.2, 0.25) is 0 Å². The number of aromatic nitrogens is 1. The predicted octanol–water partition coefficient (Wildman–Crippen LogP) is 1.92. The number of nitrogens with zero attached hydrogens (tertiary/aromatic N) is 1. The van der Waals surface area contributed by atoms with Gasteiger partial charge in [0.1, 0.15) is 5.52 Å². The van der Waals surface area contributed by atoms with E-state index in [2.05, 4.69) is 10.3 Å². The fraction of sp³-hybridized carbons (Fsp3) is 0.462. The second-order valence-corrected chi connectivity index (χ2v) is 4.64. The zero-order chi connectivity index (χ0) is 11.8. The maximum atomic E-state index is 9.43. The van der Waals surface area contributed by atoms with Gasteiger partial charge in [0.2, 0.25) is 0 Å². The number of hydrogen-bond acceptors (Lipinski definition) is 4. The van der Waals surface area contributed by atoms with Crippen LogP contribution in [0, 0.1) is 6.92 Å². The monoisotopic (exact) mass is 232 g/mol. The van der Waals surface area contributed by atoms with Crippen LogP contribution in [0.3, 0.4) is 0 Å². The van der Waals surface area contributed by atoms with Crippen molar-refractivity contribution in [1.29, 1.82) is 0 Å². The summed E-state index contributed by atoms with van der Waals surface area (Å²) in [6.07, 6.45) is 2.42. The van der Waals surface area contributed by atoms with Gasteiger partial charge in [0, 0.05) is 13.0 Å². The number of aryl methyl sites for hydroxylation is 1. The fourth-order valence-electron chi connectivity index (χ4n) is 2.07. The van der Waals surface area contributed by atoms with Crippen molar-refractivity contribution < 1.29 is 9.52 Å². The molecule has 1 heterocycles. The van der Waals surface area contributed by atoms with Gasteiger partial charge in [-0.1, -0.05) is 6.07 Å². The predicted molar refractivity (Wildman–Crippen MR) is 64.7 cm³/mol. The standard InChI is InChI=1S/C13H16N2O2/c1-8-14-11-6-9(2-5-13(11)17-8)12(7-16)15-10-3-4-10/h2,5-6,10,12,15-16H,3-4,7H2,1H3. The first-order valence-corrected chi connectivity index (χ1v) is 6.00. The van der Waals surface area contributed by atoms with Crippen molar-refractivity contribution in [2.24, 2.45) is 0 Å². The Kier molecular flexibility index (Phi) is 2.61. The molecule has 0 aliphatic heterocycles. The molecule has 17 heavy (non-hydrogen) atoms. The molecule has 1 aromatic heterocycles. The van der Waals surface area contributed by atoms with Gasteiger partial charge >= 0.3 is 0 Å². The van der Waals surface area contributed by atoms with E-state index in [0.717, 1.165) is 16.7 Å². The van der Waals surface area contributed by atoms with Gasteiger partial charge < -0.3 is 14.8 Å². The lowest BCUT2D eigenvalue weighted by molar-refractivity contribution is 0.243. The number of oxazole rings is 1. The Bertz CT molecular complexity index is 531. The number of nitrogens with one attached hydrogen (secondary N) is 1. The Morgan fingerprint density at radius 2 is 2.35 bits per heavy atom. The number of benzene rings is 1. The van der Waals surface area contributed by atoms with E-state index in [0.29, 0.717) is 11.9 Å². The van der Waals surface area contributed by atoms with Crippen molar-refractivity contribution in [3.05, 3.63) is 29.7 Å². The minimum absolute atomic E-state index is 0.00362. The summed E-state index contributed by atoms with van der Waals surface area (Å²) in [7, 11) is 0. The first kappa shape index (κ1) is 10.7. The van der Waals surface area contributed by atoms with Crippen LogP contribution in [0.4, 0.5) is 0 Å². The summed E-state index contributed by atoms with van der Waals surface area (Å²) < 4.78 is 5.44. The van der Waals surface area contributed by atoms with Gasteiger partial charge in [0.05, 0.1) is 12.6 Å². The van der Waals surface area contributed by atoms with Crippen LogP contribution in [0.5, 0.6) is 0 Å². The van der Waals surface area contributed by atoms with E-state index in [-0.39, 0.29) is 12.6 Å². The van der Waals surface area contributed by atoms with Crippen LogP contribution in [-0.4, -0.2) is 22.7 Å². The minimum Gasteiger partial charge on any atom is -0.441 e. The average molecular weight is 232 g/mol. The SMILES string of the molecule is Cc1nc2cc(C(CO)NC3CC3)ccc2o1. The molecular formula is C13H16N2O2. The molecule has 90 valence electrons. The van der Waals surface area contributed by atoms with E-state index in [1.54, 1.807) is 0 Å². The topological polar surface area (TPSA) is 58.3 Å². The summed E-state index contributed by atoms with van der Waals surface area (Å²) in [6.45, 7) is 1.95. The first-order chi connectivity index (χ1) is 8.26. The summed E-state index contributed by atoms with van der Waals surface area (Å²) in [5.41, 5.74) is 2.73. The Labute approximate surface area is 99.7 Å². The molecule has 0 amide bonds. The highest BCUT2D eigenvalue weighted by Crippen LogP contribution is 2.26. The van der Waals surface area contributed by atoms with E-state index < -0.39 is 0 Å². The molecule has 1 atom stereocenters. The highest BCUT2D eigenvalue weighted by Gasteiger charge is 2.25. The van der Waals surface area contributed by atoms with Gasteiger partial charge in [0.15, 0.2) is 11.5 Å². The maximum Gasteiger partial charge on any atom is 0.192 e. The largest absolute Gasteiger partial charge is 0.441 e. The van der Waals surface area contributed by atoms with Crippen molar-refractivity contribution in [2.75, 3.05) is 6.61 Å². The zero-order valence-electron chi connectivity index (χ0n) is 9.81. The summed E-state index contributed by atoms with van der Waals surface area (Å²) >= 11 is 0. The molecule has 1 fully saturated rings. The number of fused-ring (bicyclic) bond motifs is 1. The third kappa shape index (κ3) is 2.18. The van der Waals surface area contributed by atoms with Gasteiger partial charge in [-0.05, 0) is 30.5 Å². The van der Waals surface area contributed by atoms with E-state index in [4.69, 9.17) is 4.42 Å².